The molecule has 0 spiro atoms. The highest BCUT2D eigenvalue weighted by atomic mass is 16.5. The summed E-state index contributed by atoms with van der Waals surface area (Å²) in [6, 6.07) is 10.1. The molecule has 1 heterocycles. The van der Waals surface area contributed by atoms with Gasteiger partial charge in [0, 0.05) is 24.5 Å². The Hall–Kier alpha value is -1.73. The van der Waals surface area contributed by atoms with Crippen LogP contribution in [0.25, 0.3) is 0 Å². The van der Waals surface area contributed by atoms with Crippen LogP contribution in [0.3, 0.4) is 0 Å². The zero-order valence-electron chi connectivity index (χ0n) is 29.9. The number of allylic oxidation sites excluding steroid dienone is 1. The molecule has 5 aliphatic rings. The average molecular weight is 636 g/mol. The zero-order chi connectivity index (χ0) is 33.1. The molecule has 4 aliphatic carbocycles. The summed E-state index contributed by atoms with van der Waals surface area (Å²) in [5, 5.41) is 0. The van der Waals surface area contributed by atoms with Gasteiger partial charge in [-0.3, -0.25) is 4.79 Å². The van der Waals surface area contributed by atoms with Crippen LogP contribution in [0.4, 0.5) is 0 Å². The smallest absolute Gasteiger partial charge is 0.310 e. The maximum atomic E-state index is 14.6. The Morgan fingerprint density at radius 2 is 1.76 bits per heavy atom. The van der Waals surface area contributed by atoms with E-state index in [4.69, 9.17) is 24.7 Å². The van der Waals surface area contributed by atoms with E-state index in [1.165, 1.54) is 0 Å². The second kappa shape index (κ2) is 12.3. The molecule has 1 aromatic rings. The van der Waals surface area contributed by atoms with Crippen LogP contribution in [0.15, 0.2) is 42.0 Å². The molecule has 1 aliphatic heterocycles. The van der Waals surface area contributed by atoms with Crippen molar-refractivity contribution in [2.45, 2.75) is 106 Å². The molecule has 0 amide bonds. The van der Waals surface area contributed by atoms with Gasteiger partial charge in [-0.25, -0.2) is 0 Å². The Kier molecular flexibility index (Phi) is 9.13. The number of methoxy groups -OCH3 is 1. The highest BCUT2D eigenvalue weighted by Crippen LogP contribution is 2.75. The first-order valence-corrected chi connectivity index (χ1v) is 18.2. The summed E-state index contributed by atoms with van der Waals surface area (Å²) in [7, 11) is 1.85. The van der Waals surface area contributed by atoms with Gasteiger partial charge in [-0.2, -0.15) is 0 Å². The van der Waals surface area contributed by atoms with Gasteiger partial charge in [0.2, 0.25) is 0 Å². The number of hydrogen-bond donors (Lipinski definition) is 1. The van der Waals surface area contributed by atoms with Crippen molar-refractivity contribution in [3.63, 3.8) is 0 Å². The van der Waals surface area contributed by atoms with Crippen molar-refractivity contribution in [2.24, 2.45) is 62.4 Å². The van der Waals surface area contributed by atoms with E-state index in [1.54, 1.807) is 5.57 Å². The number of benzene rings is 1. The molecule has 46 heavy (non-hydrogen) atoms. The van der Waals surface area contributed by atoms with Crippen LogP contribution >= 0.6 is 0 Å². The molecule has 0 unspecified atom stereocenters. The fraction of sp³-hybridized carbons (Fsp3) is 0.775. The number of nitrogens with two attached hydrogens (primary N) is 1. The number of fused-ring (bicyclic) bond motifs is 3. The number of carbonyl (C=O) groups is 1. The van der Waals surface area contributed by atoms with Gasteiger partial charge in [-0.15, -0.1) is 0 Å². The Labute approximate surface area is 278 Å². The first kappa shape index (κ1) is 34.1. The number of rotatable bonds is 9. The van der Waals surface area contributed by atoms with E-state index < -0.39 is 0 Å². The summed E-state index contributed by atoms with van der Waals surface area (Å²) in [6.07, 6.45) is 8.81. The molecule has 4 fully saturated rings. The molecule has 0 radical (unpaired) electrons. The van der Waals surface area contributed by atoms with Gasteiger partial charge >= 0.3 is 5.97 Å². The summed E-state index contributed by atoms with van der Waals surface area (Å²) in [6.45, 7) is 19.6. The van der Waals surface area contributed by atoms with Gasteiger partial charge in [-0.1, -0.05) is 90.4 Å². The minimum Gasteiger partial charge on any atom is -0.461 e. The van der Waals surface area contributed by atoms with Crippen molar-refractivity contribution in [2.75, 3.05) is 33.5 Å². The average Bonchev–Trinajstić information content (AvgIpc) is 3.03. The van der Waals surface area contributed by atoms with Crippen LogP contribution in [0.5, 0.6) is 0 Å². The predicted octanol–water partition coefficient (Wildman–Crippen LogP) is 7.59. The lowest BCUT2D eigenvalue weighted by Gasteiger charge is -2.71. The van der Waals surface area contributed by atoms with Crippen LogP contribution in [-0.2, 0) is 30.3 Å². The summed E-state index contributed by atoms with van der Waals surface area (Å²) in [5.74, 6) is 1.54. The first-order chi connectivity index (χ1) is 21.8. The predicted molar refractivity (Wildman–Crippen MR) is 182 cm³/mol. The fourth-order valence-electron chi connectivity index (χ4n) is 12.1. The molecule has 2 bridgehead atoms. The maximum absolute atomic E-state index is 14.6. The molecule has 6 rings (SSSR count). The van der Waals surface area contributed by atoms with Crippen molar-refractivity contribution >= 4 is 5.97 Å². The third-order valence-corrected chi connectivity index (χ3v) is 15.0. The zero-order valence-corrected chi connectivity index (χ0v) is 29.9. The van der Waals surface area contributed by atoms with Crippen molar-refractivity contribution in [3.05, 3.63) is 47.5 Å². The molecular weight excluding hydrogens is 574 g/mol. The Morgan fingerprint density at radius 3 is 2.43 bits per heavy atom. The molecular formula is C40H61NO5. The molecule has 0 aromatic heterocycles. The lowest BCUT2D eigenvalue weighted by Crippen LogP contribution is -2.70. The largest absolute Gasteiger partial charge is 0.461 e. The van der Waals surface area contributed by atoms with Crippen LogP contribution in [0, 0.1) is 56.7 Å². The first-order valence-electron chi connectivity index (χ1n) is 18.2. The van der Waals surface area contributed by atoms with Gasteiger partial charge in [-0.05, 0) is 84.0 Å². The van der Waals surface area contributed by atoms with E-state index in [-0.39, 0.29) is 51.2 Å². The topological polar surface area (TPSA) is 80.0 Å². The lowest BCUT2D eigenvalue weighted by atomic mass is 9.34. The molecule has 3 saturated carbocycles. The number of carbonyl (C=O) groups excluding carboxylic acids is 1. The van der Waals surface area contributed by atoms with Gasteiger partial charge in [0.05, 0.1) is 37.9 Å². The van der Waals surface area contributed by atoms with E-state index in [0.29, 0.717) is 50.0 Å². The van der Waals surface area contributed by atoms with Crippen molar-refractivity contribution in [1.82, 2.24) is 0 Å². The van der Waals surface area contributed by atoms with Crippen molar-refractivity contribution in [1.29, 1.82) is 0 Å². The van der Waals surface area contributed by atoms with Crippen LogP contribution in [0.2, 0.25) is 0 Å². The quantitative estimate of drug-likeness (QED) is 0.223. The van der Waals surface area contributed by atoms with Gasteiger partial charge in [0.1, 0.15) is 6.61 Å². The normalized spacial score (nSPS) is 44.0. The molecule has 6 heteroatoms. The number of ether oxygens (including phenoxy) is 4. The molecule has 6 nitrogen and oxygen atoms in total. The van der Waals surface area contributed by atoms with Crippen LogP contribution < -0.4 is 5.73 Å². The second-order valence-electron chi connectivity index (χ2n) is 17.2. The molecule has 1 aromatic carbocycles. The van der Waals surface area contributed by atoms with Gasteiger partial charge in [0.15, 0.2) is 0 Å². The summed E-state index contributed by atoms with van der Waals surface area (Å²) in [5.41, 5.74) is 7.92. The second-order valence-corrected chi connectivity index (χ2v) is 17.2. The van der Waals surface area contributed by atoms with E-state index in [0.717, 1.165) is 50.7 Å². The van der Waals surface area contributed by atoms with Gasteiger partial charge < -0.3 is 24.7 Å². The Morgan fingerprint density at radius 1 is 1.02 bits per heavy atom. The standard InChI is InChI=1S/C40H61NO5/c1-26(2)27(3)36(4)18-19-38(6)29-14-15-32-37(5)24-44-25-40(32,22-31(43-8)34(37)45-21-20-41)30(29)16-17-39(38,7)33(36)35(42)46-23-28-12-10-9-11-13-28/h9-13,16,26-27,29,31-34H,14-15,17-25,41H2,1-8H3/t27-,29+,31-,32+,33-,34+,36-,37-,38-,39+,40+/m1/s1. The van der Waals surface area contributed by atoms with Gasteiger partial charge in [0.25, 0.3) is 0 Å². The Balaban J connectivity index is 1.40. The molecule has 256 valence electrons. The fourth-order valence-corrected chi connectivity index (χ4v) is 12.1. The molecule has 11 atom stereocenters. The minimum absolute atomic E-state index is 0.000261. The summed E-state index contributed by atoms with van der Waals surface area (Å²) in [4.78, 5) is 14.6. The van der Waals surface area contributed by atoms with Crippen LogP contribution in [0.1, 0.15) is 92.6 Å². The number of esters is 1. The molecule has 1 saturated heterocycles. The monoisotopic (exact) mass is 635 g/mol. The maximum Gasteiger partial charge on any atom is 0.310 e. The third kappa shape index (κ3) is 4.90. The van der Waals surface area contributed by atoms with Crippen LogP contribution in [-0.4, -0.2) is 51.7 Å². The number of hydrogen-bond acceptors (Lipinski definition) is 6. The van der Waals surface area contributed by atoms with Crippen molar-refractivity contribution < 1.29 is 23.7 Å². The highest BCUT2D eigenvalue weighted by Gasteiger charge is 2.71. The molecule has 2 N–H and O–H groups in total. The van der Waals surface area contributed by atoms with Crippen molar-refractivity contribution in [3.8, 4) is 0 Å². The van der Waals surface area contributed by atoms with E-state index in [1.807, 2.05) is 37.4 Å². The summed E-state index contributed by atoms with van der Waals surface area (Å²) < 4.78 is 25.6. The summed E-state index contributed by atoms with van der Waals surface area (Å²) >= 11 is 0. The minimum atomic E-state index is -0.227. The third-order valence-electron chi connectivity index (χ3n) is 15.0. The van der Waals surface area contributed by atoms with E-state index >= 15 is 0 Å². The van der Waals surface area contributed by atoms with E-state index in [2.05, 4.69) is 54.5 Å². The highest BCUT2D eigenvalue weighted by molar-refractivity contribution is 5.75. The van der Waals surface area contributed by atoms with E-state index in [9.17, 15) is 4.79 Å². The SMILES string of the molecule is CO[C@@H]1C[C@@]23COC[C@](C)([C@@H]2CC[C@H]2C3=CC[C@@]3(C)[C@H](C(=O)OCc4ccccc4)[C@@](C)([C@H](C)C(C)C)CC[C@]23C)[C@H]1OCCN. The lowest BCUT2D eigenvalue weighted by molar-refractivity contribution is -0.266. The Bertz CT molecular complexity index is 1300.